The highest BCUT2D eigenvalue weighted by molar-refractivity contribution is 5.68. The molecule has 0 spiro atoms. The van der Waals surface area contributed by atoms with Crippen molar-refractivity contribution in [3.8, 4) is 0 Å². The molecule has 4 fully saturated rings. The minimum Gasteiger partial charge on any atom is -0.369 e. The lowest BCUT2D eigenvalue weighted by atomic mass is 9.44. The Balaban J connectivity index is 1.63. The standard InChI is InChI=1S/C21H20O/c1-19(2)20(13-9-5-3-6-10-13)15-16(18-17(15)22-18)21(19,20)14-11-7-4-8-12-14/h3-12,15-18H,1-2H3/t15-,16-,17-,18+,20-,21-/m0/s1. The van der Waals surface area contributed by atoms with Crippen LogP contribution in [-0.2, 0) is 15.6 Å². The fourth-order valence-corrected chi connectivity index (χ4v) is 7.18. The third-order valence-electron chi connectivity index (χ3n) is 7.65. The third kappa shape index (κ3) is 0.841. The second-order valence-electron chi connectivity index (χ2n) is 8.09. The van der Waals surface area contributed by atoms with Gasteiger partial charge in [0, 0.05) is 22.7 Å². The molecular weight excluding hydrogens is 268 g/mol. The van der Waals surface area contributed by atoms with Crippen molar-refractivity contribution in [1.29, 1.82) is 0 Å². The fourth-order valence-electron chi connectivity index (χ4n) is 7.18. The molecule has 6 rings (SSSR count). The Morgan fingerprint density at radius 1 is 0.682 bits per heavy atom. The number of hydrogen-bond acceptors (Lipinski definition) is 1. The molecule has 0 N–H and O–H groups in total. The summed E-state index contributed by atoms with van der Waals surface area (Å²) in [4.78, 5) is 0. The van der Waals surface area contributed by atoms with E-state index < -0.39 is 0 Å². The Morgan fingerprint density at radius 3 is 1.50 bits per heavy atom. The van der Waals surface area contributed by atoms with Crippen LogP contribution >= 0.6 is 0 Å². The first-order valence-corrected chi connectivity index (χ1v) is 8.45. The minimum atomic E-state index is 0.283. The molecule has 3 saturated carbocycles. The number of hydrogen-bond donors (Lipinski definition) is 0. The van der Waals surface area contributed by atoms with Crippen molar-refractivity contribution in [2.45, 2.75) is 36.9 Å². The van der Waals surface area contributed by atoms with E-state index in [1.54, 1.807) is 0 Å². The number of rotatable bonds is 2. The number of ether oxygens (including phenoxy) is 1. The maximum Gasteiger partial charge on any atom is 0.0886 e. The van der Waals surface area contributed by atoms with E-state index in [0.717, 1.165) is 11.8 Å². The molecule has 22 heavy (non-hydrogen) atoms. The largest absolute Gasteiger partial charge is 0.369 e. The molecule has 0 bridgehead atoms. The Morgan fingerprint density at radius 2 is 1.09 bits per heavy atom. The quantitative estimate of drug-likeness (QED) is 0.763. The normalized spacial score (nSPS) is 48.1. The lowest BCUT2D eigenvalue weighted by Crippen LogP contribution is -2.63. The minimum absolute atomic E-state index is 0.283. The first kappa shape index (κ1) is 11.9. The molecule has 4 aliphatic rings. The molecular formula is C21H20O. The molecule has 1 nitrogen and oxygen atoms in total. The Labute approximate surface area is 131 Å². The molecule has 0 unspecified atom stereocenters. The van der Waals surface area contributed by atoms with Crippen molar-refractivity contribution >= 4 is 0 Å². The van der Waals surface area contributed by atoms with Crippen LogP contribution in [0.2, 0.25) is 0 Å². The molecule has 0 radical (unpaired) electrons. The molecule has 1 heterocycles. The Kier molecular flexibility index (Phi) is 1.72. The van der Waals surface area contributed by atoms with Gasteiger partial charge in [0.15, 0.2) is 0 Å². The summed E-state index contributed by atoms with van der Waals surface area (Å²) >= 11 is 0. The predicted molar refractivity (Wildman–Crippen MR) is 85.7 cm³/mol. The van der Waals surface area contributed by atoms with Gasteiger partial charge in [-0.1, -0.05) is 74.5 Å². The molecule has 2 aromatic carbocycles. The van der Waals surface area contributed by atoms with Crippen LogP contribution in [0.25, 0.3) is 0 Å². The van der Waals surface area contributed by atoms with Gasteiger partial charge in [-0.05, 0) is 16.5 Å². The van der Waals surface area contributed by atoms with E-state index >= 15 is 0 Å². The van der Waals surface area contributed by atoms with Gasteiger partial charge in [0.05, 0.1) is 12.2 Å². The summed E-state index contributed by atoms with van der Waals surface area (Å²) in [7, 11) is 0. The average Bonchev–Trinajstić information content (AvgIpc) is 3.31. The SMILES string of the molecule is CC1(C)[C@]2(c3ccccc3)[C@@H]3[C@@H]4O[C@@H]4[C@H]3[C@@]12c1ccccc1. The van der Waals surface area contributed by atoms with Gasteiger partial charge in [-0.25, -0.2) is 0 Å². The van der Waals surface area contributed by atoms with Crippen LogP contribution in [0.4, 0.5) is 0 Å². The van der Waals surface area contributed by atoms with E-state index in [1.165, 1.54) is 11.1 Å². The monoisotopic (exact) mass is 288 g/mol. The number of epoxide rings is 1. The molecule has 2 aromatic rings. The smallest absolute Gasteiger partial charge is 0.0886 e. The van der Waals surface area contributed by atoms with Crippen LogP contribution in [0, 0.1) is 17.3 Å². The van der Waals surface area contributed by atoms with Gasteiger partial charge in [0.1, 0.15) is 0 Å². The maximum atomic E-state index is 6.00. The Bertz CT molecular complexity index is 715. The van der Waals surface area contributed by atoms with Crippen molar-refractivity contribution in [3.05, 3.63) is 71.8 Å². The van der Waals surface area contributed by atoms with Gasteiger partial charge < -0.3 is 4.74 Å². The highest BCUT2D eigenvalue weighted by Crippen LogP contribution is 2.98. The highest BCUT2D eigenvalue weighted by Gasteiger charge is 3.03. The van der Waals surface area contributed by atoms with Gasteiger partial charge in [-0.3, -0.25) is 0 Å². The van der Waals surface area contributed by atoms with Crippen molar-refractivity contribution < 1.29 is 4.74 Å². The topological polar surface area (TPSA) is 12.5 Å². The maximum absolute atomic E-state index is 6.00. The summed E-state index contributed by atoms with van der Waals surface area (Å²) in [6, 6.07) is 22.4. The van der Waals surface area contributed by atoms with Crippen LogP contribution in [0.5, 0.6) is 0 Å². The fraction of sp³-hybridized carbons (Fsp3) is 0.429. The molecule has 110 valence electrons. The predicted octanol–water partition coefficient (Wildman–Crippen LogP) is 3.93. The number of benzene rings is 2. The first-order valence-electron chi connectivity index (χ1n) is 8.45. The first-order chi connectivity index (χ1) is 10.7. The third-order valence-corrected chi connectivity index (χ3v) is 7.65. The van der Waals surface area contributed by atoms with Crippen LogP contribution in [0.15, 0.2) is 60.7 Å². The van der Waals surface area contributed by atoms with Gasteiger partial charge in [0.25, 0.3) is 0 Å². The molecule has 6 atom stereocenters. The second-order valence-corrected chi connectivity index (χ2v) is 8.09. The summed E-state index contributed by atoms with van der Waals surface area (Å²) in [5.41, 5.74) is 3.93. The van der Waals surface area contributed by atoms with E-state index in [9.17, 15) is 0 Å². The van der Waals surface area contributed by atoms with E-state index in [2.05, 4.69) is 74.5 Å². The van der Waals surface area contributed by atoms with E-state index in [4.69, 9.17) is 4.74 Å². The van der Waals surface area contributed by atoms with E-state index in [0.29, 0.717) is 17.6 Å². The zero-order valence-corrected chi connectivity index (χ0v) is 13.0. The summed E-state index contributed by atoms with van der Waals surface area (Å²) in [6.07, 6.45) is 1.09. The molecule has 1 heteroatoms. The zero-order valence-electron chi connectivity index (χ0n) is 13.0. The highest BCUT2D eigenvalue weighted by atomic mass is 16.6. The Hall–Kier alpha value is -1.60. The van der Waals surface area contributed by atoms with Crippen LogP contribution in [0.3, 0.4) is 0 Å². The van der Waals surface area contributed by atoms with Crippen molar-refractivity contribution in [2.75, 3.05) is 0 Å². The lowest BCUT2D eigenvalue weighted by Gasteiger charge is -2.56. The summed E-state index contributed by atoms with van der Waals surface area (Å²) in [6.45, 7) is 4.98. The summed E-state index contributed by atoms with van der Waals surface area (Å²) in [5, 5.41) is 0. The second kappa shape index (κ2) is 3.19. The van der Waals surface area contributed by atoms with Gasteiger partial charge >= 0.3 is 0 Å². The van der Waals surface area contributed by atoms with Crippen LogP contribution in [0.1, 0.15) is 25.0 Å². The van der Waals surface area contributed by atoms with Gasteiger partial charge in [-0.15, -0.1) is 0 Å². The van der Waals surface area contributed by atoms with Crippen LogP contribution in [-0.4, -0.2) is 12.2 Å². The lowest BCUT2D eigenvalue weighted by molar-refractivity contribution is 0.0287. The molecule has 1 saturated heterocycles. The average molecular weight is 288 g/mol. The van der Waals surface area contributed by atoms with Crippen molar-refractivity contribution in [2.24, 2.45) is 17.3 Å². The zero-order chi connectivity index (χ0) is 14.7. The van der Waals surface area contributed by atoms with Gasteiger partial charge in [0.2, 0.25) is 0 Å². The number of fused-ring (bicyclic) bond motifs is 7. The molecule has 3 aliphatic carbocycles. The molecule has 0 amide bonds. The summed E-state index contributed by atoms with van der Waals surface area (Å²) < 4.78 is 6.00. The van der Waals surface area contributed by atoms with Crippen LogP contribution < -0.4 is 0 Å². The van der Waals surface area contributed by atoms with E-state index in [1.807, 2.05) is 0 Å². The summed E-state index contributed by atoms with van der Waals surface area (Å²) in [5.74, 6) is 1.46. The van der Waals surface area contributed by atoms with E-state index in [-0.39, 0.29) is 10.8 Å². The van der Waals surface area contributed by atoms with Crippen molar-refractivity contribution in [1.82, 2.24) is 0 Å². The van der Waals surface area contributed by atoms with Gasteiger partial charge in [-0.2, -0.15) is 0 Å². The molecule has 0 aromatic heterocycles. The van der Waals surface area contributed by atoms with Crippen molar-refractivity contribution in [3.63, 3.8) is 0 Å². The molecule has 1 aliphatic heterocycles.